The predicted molar refractivity (Wildman–Crippen MR) is 116 cm³/mol. The maximum absolute atomic E-state index is 11.7. The molecule has 214 valence electrons. The number of carbonyl (C=O) groups excluding carboxylic acids is 1. The Hall–Kier alpha value is -3.60. The molecule has 2 aromatic rings. The number of furan rings is 1. The van der Waals surface area contributed by atoms with Crippen LogP contribution >= 0.6 is 0 Å². The summed E-state index contributed by atoms with van der Waals surface area (Å²) in [5, 5.41) is 14.2. The van der Waals surface area contributed by atoms with Gasteiger partial charge in [-0.05, 0) is 6.07 Å². The zero-order valence-electron chi connectivity index (χ0n) is 20.4. The number of carboxylic acids is 2. The van der Waals surface area contributed by atoms with Crippen LogP contribution in [0.25, 0.3) is 0 Å². The summed E-state index contributed by atoms with van der Waals surface area (Å²) >= 11 is 0. The molecule has 38 heavy (non-hydrogen) atoms. The number of hydrogen-bond donors (Lipinski definition) is 2. The molecule has 1 unspecified atom stereocenters. The molecule has 2 aromatic heterocycles. The van der Waals surface area contributed by atoms with Gasteiger partial charge in [-0.15, -0.1) is 0 Å². The number of alkyl halides is 6. The first kappa shape index (κ1) is 32.4. The molecule has 3 rings (SSSR count). The van der Waals surface area contributed by atoms with E-state index in [2.05, 4.69) is 14.5 Å². The van der Waals surface area contributed by atoms with E-state index in [4.69, 9.17) is 29.0 Å². The number of ether oxygens (including phenoxy) is 1. The van der Waals surface area contributed by atoms with E-state index in [0.717, 1.165) is 30.9 Å². The van der Waals surface area contributed by atoms with Crippen molar-refractivity contribution in [2.24, 2.45) is 7.05 Å². The topological polar surface area (TPSA) is 138 Å². The van der Waals surface area contributed by atoms with Crippen LogP contribution in [-0.2, 0) is 39.3 Å². The summed E-state index contributed by atoms with van der Waals surface area (Å²) in [5.74, 6) is -5.34. The van der Waals surface area contributed by atoms with E-state index in [-0.39, 0.29) is 18.4 Å². The molecule has 0 aromatic carbocycles. The number of rotatable bonds is 6. The number of likely N-dealkylation sites (N-methyl/N-ethyl adjacent to an activating group) is 1. The van der Waals surface area contributed by atoms with Crippen molar-refractivity contribution in [1.29, 1.82) is 0 Å². The number of carboxylic acid groups (broad SMARTS) is 2. The number of aliphatic carboxylic acids is 2. The average molecular weight is 560 g/mol. The highest BCUT2D eigenvalue weighted by Gasteiger charge is 2.39. The molecule has 0 saturated heterocycles. The maximum Gasteiger partial charge on any atom is 0.490 e. The van der Waals surface area contributed by atoms with E-state index in [1.165, 1.54) is 5.69 Å². The van der Waals surface area contributed by atoms with Crippen molar-refractivity contribution >= 4 is 17.8 Å². The molecule has 1 aliphatic heterocycles. The Morgan fingerprint density at radius 3 is 2.13 bits per heavy atom. The lowest BCUT2D eigenvalue weighted by Gasteiger charge is -2.32. The van der Waals surface area contributed by atoms with Crippen molar-refractivity contribution in [3.63, 3.8) is 0 Å². The Morgan fingerprint density at radius 1 is 1.13 bits per heavy atom. The number of halogens is 6. The van der Waals surface area contributed by atoms with Crippen LogP contribution in [0.3, 0.4) is 0 Å². The van der Waals surface area contributed by atoms with Crippen molar-refractivity contribution < 1.29 is 60.1 Å². The molecule has 0 saturated carbocycles. The van der Waals surface area contributed by atoms with Crippen LogP contribution in [0, 0.1) is 0 Å². The highest BCUT2D eigenvalue weighted by molar-refractivity contribution is 5.76. The van der Waals surface area contributed by atoms with Gasteiger partial charge in [0.15, 0.2) is 0 Å². The minimum Gasteiger partial charge on any atom is -0.475 e. The Morgan fingerprint density at radius 2 is 1.68 bits per heavy atom. The molecule has 2 N–H and O–H groups in total. The Kier molecular flexibility index (Phi) is 11.8. The van der Waals surface area contributed by atoms with Gasteiger partial charge in [0, 0.05) is 58.0 Å². The Labute approximate surface area is 212 Å². The molecule has 17 heteroatoms. The third-order valence-corrected chi connectivity index (χ3v) is 4.82. The van der Waals surface area contributed by atoms with Gasteiger partial charge < -0.3 is 28.8 Å². The number of nitrogens with zero attached hydrogens (tertiary/aromatic N) is 4. The zero-order valence-corrected chi connectivity index (χ0v) is 20.4. The lowest BCUT2D eigenvalue weighted by Crippen LogP contribution is -2.36. The first-order valence-corrected chi connectivity index (χ1v) is 10.5. The van der Waals surface area contributed by atoms with Crippen molar-refractivity contribution in [3.05, 3.63) is 41.9 Å². The van der Waals surface area contributed by atoms with Gasteiger partial charge in [0.2, 0.25) is 5.91 Å². The van der Waals surface area contributed by atoms with E-state index in [9.17, 15) is 31.1 Å². The van der Waals surface area contributed by atoms with Gasteiger partial charge in [0.05, 0.1) is 31.2 Å². The lowest BCUT2D eigenvalue weighted by atomic mass is 9.98. The molecular formula is C21H26F6N4O7. The van der Waals surface area contributed by atoms with Gasteiger partial charge in [0.25, 0.3) is 0 Å². The molecular weight excluding hydrogens is 534 g/mol. The second kappa shape index (κ2) is 13.8. The minimum absolute atomic E-state index is 0.0220. The minimum atomic E-state index is -5.08. The number of aryl methyl sites for hydroxylation is 1. The normalized spacial score (nSPS) is 15.3. The van der Waals surface area contributed by atoms with E-state index in [0.29, 0.717) is 6.61 Å². The monoisotopic (exact) mass is 560 g/mol. The molecule has 0 fully saturated rings. The van der Waals surface area contributed by atoms with Gasteiger partial charge in [-0.1, -0.05) is 0 Å². The third kappa shape index (κ3) is 10.8. The number of carbonyl (C=O) groups is 3. The van der Waals surface area contributed by atoms with E-state index < -0.39 is 24.3 Å². The molecule has 0 radical (unpaired) electrons. The molecule has 1 aliphatic rings. The van der Waals surface area contributed by atoms with Crippen molar-refractivity contribution in [2.75, 3.05) is 33.9 Å². The van der Waals surface area contributed by atoms with Crippen LogP contribution in [0.4, 0.5) is 26.3 Å². The number of aromatic nitrogens is 2. The summed E-state index contributed by atoms with van der Waals surface area (Å²) in [5.41, 5.74) is 3.44. The Bertz CT molecular complexity index is 1030. The number of amides is 1. The van der Waals surface area contributed by atoms with Gasteiger partial charge in [-0.3, -0.25) is 9.69 Å². The highest BCUT2D eigenvalue weighted by Crippen LogP contribution is 2.28. The predicted octanol–water partition coefficient (Wildman–Crippen LogP) is 2.48. The van der Waals surface area contributed by atoms with E-state index >= 15 is 0 Å². The van der Waals surface area contributed by atoms with Crippen LogP contribution in [0.1, 0.15) is 22.9 Å². The number of imidazole rings is 1. The van der Waals surface area contributed by atoms with Crippen LogP contribution < -0.4 is 0 Å². The smallest absolute Gasteiger partial charge is 0.475 e. The Balaban J connectivity index is 0.000000426. The SMILES string of the molecule is CN(C)C(=O)COCC1CN(Cc2ccoc2)Cc2ncn(C)c21.O=C(O)C(F)(F)F.O=C(O)C(F)(F)F. The van der Waals surface area contributed by atoms with Crippen molar-refractivity contribution in [1.82, 2.24) is 19.4 Å². The highest BCUT2D eigenvalue weighted by atomic mass is 19.4. The molecule has 0 bridgehead atoms. The number of hydrogen-bond acceptors (Lipinski definition) is 7. The first-order valence-electron chi connectivity index (χ1n) is 10.5. The molecule has 0 aliphatic carbocycles. The van der Waals surface area contributed by atoms with Gasteiger partial charge in [0.1, 0.15) is 6.61 Å². The van der Waals surface area contributed by atoms with E-state index in [1.54, 1.807) is 31.5 Å². The number of fused-ring (bicyclic) bond motifs is 1. The molecule has 11 nitrogen and oxygen atoms in total. The summed E-state index contributed by atoms with van der Waals surface area (Å²) in [6, 6.07) is 1.98. The van der Waals surface area contributed by atoms with Crippen LogP contribution in [0.2, 0.25) is 0 Å². The maximum atomic E-state index is 11.7. The quantitative estimate of drug-likeness (QED) is 0.511. The summed E-state index contributed by atoms with van der Waals surface area (Å²) in [4.78, 5) is 37.9. The fourth-order valence-electron chi connectivity index (χ4n) is 3.12. The van der Waals surface area contributed by atoms with E-state index in [1.807, 2.05) is 19.4 Å². The van der Waals surface area contributed by atoms with Crippen LogP contribution in [0.15, 0.2) is 29.3 Å². The first-order chi connectivity index (χ1) is 17.4. The summed E-state index contributed by atoms with van der Waals surface area (Å²) in [6.45, 7) is 3.12. The third-order valence-electron chi connectivity index (χ3n) is 4.82. The summed E-state index contributed by atoms with van der Waals surface area (Å²) in [6.07, 6.45) is -4.85. The van der Waals surface area contributed by atoms with Gasteiger partial charge >= 0.3 is 24.3 Å². The molecule has 1 amide bonds. The van der Waals surface area contributed by atoms with Crippen LogP contribution in [0.5, 0.6) is 0 Å². The standard InChI is InChI=1S/C17H24N4O3.2C2HF3O2/c1-19(2)16(22)11-24-10-14-7-21(6-13-4-5-23-9-13)8-15-17(14)20(3)12-18-15;2*3-2(4,5)1(6)7/h4-5,9,12,14H,6-8,10-11H2,1-3H3;2*(H,6,7). The average Bonchev–Trinajstić information content (AvgIpc) is 3.43. The zero-order chi connectivity index (χ0) is 29.3. The van der Waals surface area contributed by atoms with Gasteiger partial charge in [-0.2, -0.15) is 26.3 Å². The largest absolute Gasteiger partial charge is 0.490 e. The molecule has 1 atom stereocenters. The fourth-order valence-corrected chi connectivity index (χ4v) is 3.12. The van der Waals surface area contributed by atoms with Crippen molar-refractivity contribution in [2.45, 2.75) is 31.4 Å². The second-order valence-electron chi connectivity index (χ2n) is 8.09. The second-order valence-corrected chi connectivity index (χ2v) is 8.09. The van der Waals surface area contributed by atoms with Crippen LogP contribution in [-0.4, -0.2) is 93.6 Å². The molecule has 3 heterocycles. The summed E-state index contributed by atoms with van der Waals surface area (Å²) < 4.78 is 76.4. The summed E-state index contributed by atoms with van der Waals surface area (Å²) in [7, 11) is 5.48. The molecule has 0 spiro atoms. The van der Waals surface area contributed by atoms with Gasteiger partial charge in [-0.25, -0.2) is 14.6 Å². The fraction of sp³-hybridized carbons (Fsp3) is 0.524. The lowest BCUT2D eigenvalue weighted by molar-refractivity contribution is -0.193. The van der Waals surface area contributed by atoms with Crippen molar-refractivity contribution in [3.8, 4) is 0 Å².